The first-order valence-corrected chi connectivity index (χ1v) is 12.1. The topological polar surface area (TPSA) is 43.2 Å². The first kappa shape index (κ1) is 23.6. The van der Waals surface area contributed by atoms with E-state index in [1.54, 1.807) is 19.2 Å². The molecule has 7 heteroatoms. The molecule has 4 rings (SSSR count). The van der Waals surface area contributed by atoms with E-state index in [1.807, 2.05) is 35.9 Å². The molecule has 5 nitrogen and oxygen atoms in total. The van der Waals surface area contributed by atoms with Crippen LogP contribution in [0.25, 0.3) is 5.69 Å². The average Bonchev–Trinajstić information content (AvgIpc) is 3.54. The van der Waals surface area contributed by atoms with Crippen molar-refractivity contribution in [3.05, 3.63) is 64.2 Å². The summed E-state index contributed by atoms with van der Waals surface area (Å²) in [6.07, 6.45) is 5.20. The minimum Gasteiger partial charge on any atom is -0.496 e. The lowest BCUT2D eigenvalue weighted by molar-refractivity contribution is 0.411. The Balaban J connectivity index is 1.77. The van der Waals surface area contributed by atoms with Gasteiger partial charge in [0.1, 0.15) is 17.4 Å². The van der Waals surface area contributed by atoms with E-state index in [0.717, 1.165) is 54.2 Å². The van der Waals surface area contributed by atoms with Crippen molar-refractivity contribution >= 4 is 17.5 Å². The SMILES string of the molecule is CCCN(c1nc(CC)n(-c2cc(C)c(OC)cc2Cl)n1)[C@@H](CC1CC1)c1ccc(F)cc1. The molecule has 0 bridgehead atoms. The van der Waals surface area contributed by atoms with Crippen molar-refractivity contribution in [1.29, 1.82) is 0 Å². The fourth-order valence-corrected chi connectivity index (χ4v) is 4.57. The van der Waals surface area contributed by atoms with Gasteiger partial charge in [-0.3, -0.25) is 0 Å². The summed E-state index contributed by atoms with van der Waals surface area (Å²) >= 11 is 6.63. The number of hydrogen-bond acceptors (Lipinski definition) is 4. The van der Waals surface area contributed by atoms with E-state index in [4.69, 9.17) is 26.4 Å². The molecule has 0 aliphatic heterocycles. The van der Waals surface area contributed by atoms with Crippen LogP contribution >= 0.6 is 11.6 Å². The van der Waals surface area contributed by atoms with Gasteiger partial charge >= 0.3 is 0 Å². The van der Waals surface area contributed by atoms with Crippen molar-refractivity contribution in [2.75, 3.05) is 18.6 Å². The lowest BCUT2D eigenvalue weighted by Gasteiger charge is -2.31. The molecule has 0 amide bonds. The van der Waals surface area contributed by atoms with Gasteiger partial charge in [-0.25, -0.2) is 9.07 Å². The van der Waals surface area contributed by atoms with Gasteiger partial charge in [0.2, 0.25) is 5.95 Å². The second-order valence-electron chi connectivity index (χ2n) is 8.81. The van der Waals surface area contributed by atoms with Crippen LogP contribution in [0.4, 0.5) is 10.3 Å². The zero-order valence-corrected chi connectivity index (χ0v) is 20.6. The molecule has 1 saturated carbocycles. The number of anilines is 1. The maximum atomic E-state index is 13.6. The minimum atomic E-state index is -0.217. The average molecular weight is 471 g/mol. The van der Waals surface area contributed by atoms with Crippen LogP contribution in [0, 0.1) is 18.7 Å². The number of rotatable bonds is 10. The molecule has 2 aromatic carbocycles. The maximum Gasteiger partial charge on any atom is 0.245 e. The van der Waals surface area contributed by atoms with Gasteiger partial charge in [-0.1, -0.05) is 50.4 Å². The highest BCUT2D eigenvalue weighted by Crippen LogP contribution is 2.41. The molecule has 0 radical (unpaired) electrons. The quantitative estimate of drug-likeness (QED) is 0.330. The minimum absolute atomic E-state index is 0.103. The highest BCUT2D eigenvalue weighted by atomic mass is 35.5. The number of hydrogen-bond donors (Lipinski definition) is 0. The fourth-order valence-electron chi connectivity index (χ4n) is 4.34. The smallest absolute Gasteiger partial charge is 0.245 e. The van der Waals surface area contributed by atoms with Gasteiger partial charge in [0.25, 0.3) is 0 Å². The second-order valence-corrected chi connectivity index (χ2v) is 9.21. The van der Waals surface area contributed by atoms with Gasteiger partial charge in [-0.15, -0.1) is 5.10 Å². The van der Waals surface area contributed by atoms with Gasteiger partial charge in [0.15, 0.2) is 0 Å². The molecule has 176 valence electrons. The summed E-state index contributed by atoms with van der Waals surface area (Å²) in [6.45, 7) is 7.04. The summed E-state index contributed by atoms with van der Waals surface area (Å²) in [5.74, 6) is 2.77. The summed E-state index contributed by atoms with van der Waals surface area (Å²) in [5, 5.41) is 5.52. The van der Waals surface area contributed by atoms with Gasteiger partial charge in [-0.2, -0.15) is 4.98 Å². The molecule has 33 heavy (non-hydrogen) atoms. The number of aryl methyl sites for hydroxylation is 2. The molecule has 1 aliphatic carbocycles. The normalized spacial score (nSPS) is 14.4. The molecule has 1 heterocycles. The predicted molar refractivity (Wildman–Crippen MR) is 131 cm³/mol. The highest BCUT2D eigenvalue weighted by molar-refractivity contribution is 6.32. The van der Waals surface area contributed by atoms with E-state index in [0.29, 0.717) is 16.9 Å². The Labute approximate surface area is 200 Å². The van der Waals surface area contributed by atoms with E-state index in [1.165, 1.54) is 12.8 Å². The van der Waals surface area contributed by atoms with Crippen LogP contribution < -0.4 is 9.64 Å². The summed E-state index contributed by atoms with van der Waals surface area (Å²) < 4.78 is 20.9. The van der Waals surface area contributed by atoms with Crippen molar-refractivity contribution in [3.8, 4) is 11.4 Å². The van der Waals surface area contributed by atoms with Gasteiger partial charge < -0.3 is 9.64 Å². The van der Waals surface area contributed by atoms with E-state index < -0.39 is 0 Å². The first-order valence-electron chi connectivity index (χ1n) is 11.8. The van der Waals surface area contributed by atoms with E-state index in [9.17, 15) is 4.39 Å². The van der Waals surface area contributed by atoms with Crippen molar-refractivity contribution < 1.29 is 9.13 Å². The zero-order valence-electron chi connectivity index (χ0n) is 19.8. The maximum absolute atomic E-state index is 13.6. The van der Waals surface area contributed by atoms with Gasteiger partial charge in [0.05, 0.1) is 23.9 Å². The largest absolute Gasteiger partial charge is 0.496 e. The Morgan fingerprint density at radius 2 is 1.94 bits per heavy atom. The molecule has 1 atom stereocenters. The Kier molecular flexibility index (Phi) is 7.23. The van der Waals surface area contributed by atoms with Crippen molar-refractivity contribution in [2.45, 2.75) is 58.9 Å². The van der Waals surface area contributed by atoms with Gasteiger partial charge in [0, 0.05) is 19.0 Å². The van der Waals surface area contributed by atoms with Crippen LogP contribution in [0.15, 0.2) is 36.4 Å². The number of aromatic nitrogens is 3. The zero-order chi connectivity index (χ0) is 23.5. The Morgan fingerprint density at radius 3 is 2.55 bits per heavy atom. The van der Waals surface area contributed by atoms with E-state index in [2.05, 4.69) is 18.7 Å². The molecule has 3 aromatic rings. The number of methoxy groups -OCH3 is 1. The fraction of sp³-hybridized carbons (Fsp3) is 0.462. The van der Waals surface area contributed by atoms with Crippen molar-refractivity contribution in [3.63, 3.8) is 0 Å². The third-order valence-electron chi connectivity index (χ3n) is 6.28. The third-order valence-corrected chi connectivity index (χ3v) is 6.58. The predicted octanol–water partition coefficient (Wildman–Crippen LogP) is 6.70. The lowest BCUT2D eigenvalue weighted by atomic mass is 9.99. The molecule has 1 aliphatic rings. The van der Waals surface area contributed by atoms with Crippen LogP contribution in [0.3, 0.4) is 0 Å². The molecule has 0 unspecified atom stereocenters. The van der Waals surface area contributed by atoms with Gasteiger partial charge in [-0.05, 0) is 55.0 Å². The first-order chi connectivity index (χ1) is 15.9. The highest BCUT2D eigenvalue weighted by Gasteiger charge is 2.32. The Morgan fingerprint density at radius 1 is 1.21 bits per heavy atom. The van der Waals surface area contributed by atoms with Crippen molar-refractivity contribution in [1.82, 2.24) is 14.8 Å². The molecule has 0 spiro atoms. The number of nitrogens with zero attached hydrogens (tertiary/aromatic N) is 4. The summed E-state index contributed by atoms with van der Waals surface area (Å²) in [4.78, 5) is 7.23. The molecule has 0 N–H and O–H groups in total. The molecule has 0 saturated heterocycles. The lowest BCUT2D eigenvalue weighted by Crippen LogP contribution is -2.31. The number of benzene rings is 2. The van der Waals surface area contributed by atoms with Crippen LogP contribution in [-0.4, -0.2) is 28.4 Å². The Hall–Kier alpha value is -2.60. The van der Waals surface area contributed by atoms with Crippen LogP contribution in [0.5, 0.6) is 5.75 Å². The molecule has 1 aromatic heterocycles. The van der Waals surface area contributed by atoms with E-state index >= 15 is 0 Å². The van der Waals surface area contributed by atoms with Crippen LogP contribution in [-0.2, 0) is 6.42 Å². The molecule has 1 fully saturated rings. The standard InChI is InChI=1S/C26H32ClFN4O/c1-5-13-31(22(15-18-7-8-18)19-9-11-20(28)12-10-19)26-29-25(6-2)32(30-26)23-14-17(3)24(33-4)16-21(23)27/h9-12,14,16,18,22H,5-8,13,15H2,1-4H3/t22-/m0/s1. The number of halogens is 2. The second kappa shape index (κ2) is 10.1. The summed E-state index contributed by atoms with van der Waals surface area (Å²) in [7, 11) is 1.64. The van der Waals surface area contributed by atoms with E-state index in [-0.39, 0.29) is 11.9 Å². The van der Waals surface area contributed by atoms with Crippen LogP contribution in [0.2, 0.25) is 5.02 Å². The monoisotopic (exact) mass is 470 g/mol. The summed E-state index contributed by atoms with van der Waals surface area (Å²) in [6, 6.07) is 10.8. The summed E-state index contributed by atoms with van der Waals surface area (Å²) in [5.41, 5.74) is 2.88. The molecular formula is C26H32ClFN4O. The number of ether oxygens (including phenoxy) is 1. The van der Waals surface area contributed by atoms with Crippen LogP contribution in [0.1, 0.15) is 62.5 Å². The van der Waals surface area contributed by atoms with Crippen molar-refractivity contribution in [2.24, 2.45) is 5.92 Å². The molecular weight excluding hydrogens is 439 g/mol. The Bertz CT molecular complexity index is 1090. The third kappa shape index (κ3) is 5.16.